The number of nitrogens with zero attached hydrogens (tertiary/aromatic N) is 6. The molecule has 3 aromatic rings. The summed E-state index contributed by atoms with van der Waals surface area (Å²) < 4.78 is 9.60. The monoisotopic (exact) mass is 448 g/mol. The third-order valence-electron chi connectivity index (χ3n) is 7.08. The minimum absolute atomic E-state index is 0.223. The van der Waals surface area contributed by atoms with Crippen LogP contribution in [0.15, 0.2) is 30.6 Å². The van der Waals surface area contributed by atoms with Crippen LogP contribution < -0.4 is 4.90 Å². The van der Waals surface area contributed by atoms with Gasteiger partial charge in [0.1, 0.15) is 0 Å². The predicted molar refractivity (Wildman–Crippen MR) is 123 cm³/mol. The van der Waals surface area contributed by atoms with Crippen molar-refractivity contribution in [3.8, 4) is 11.1 Å². The highest BCUT2D eigenvalue weighted by Gasteiger charge is 2.34. The van der Waals surface area contributed by atoms with Gasteiger partial charge in [-0.25, -0.2) is 4.79 Å². The Hall–Kier alpha value is -3.33. The van der Waals surface area contributed by atoms with E-state index >= 15 is 0 Å². The van der Waals surface area contributed by atoms with Crippen LogP contribution in [0.4, 0.5) is 16.3 Å². The average molecular weight is 449 g/mol. The summed E-state index contributed by atoms with van der Waals surface area (Å²) in [7, 11) is 1.93. The van der Waals surface area contributed by atoms with Crippen LogP contribution in [0.1, 0.15) is 35.7 Å². The highest BCUT2D eigenvalue weighted by molar-refractivity contribution is 5.74. The first-order chi connectivity index (χ1) is 16.1. The van der Waals surface area contributed by atoms with E-state index in [1.165, 1.54) is 10.5 Å². The van der Waals surface area contributed by atoms with Crippen molar-refractivity contribution in [2.45, 2.75) is 38.3 Å². The van der Waals surface area contributed by atoms with E-state index in [-0.39, 0.29) is 6.04 Å². The number of aryl methyl sites for hydroxylation is 2. The molecule has 1 amide bonds. The van der Waals surface area contributed by atoms with Gasteiger partial charge in [-0.3, -0.25) is 9.36 Å². The molecule has 33 heavy (non-hydrogen) atoms. The van der Waals surface area contributed by atoms with Gasteiger partial charge in [0.25, 0.3) is 0 Å². The summed E-state index contributed by atoms with van der Waals surface area (Å²) in [6, 6.07) is 6.81. The number of aromatic nitrogens is 4. The molecule has 0 aliphatic carbocycles. The van der Waals surface area contributed by atoms with Crippen molar-refractivity contribution >= 4 is 17.6 Å². The highest BCUT2D eigenvalue weighted by Crippen LogP contribution is 2.40. The number of rotatable bonds is 3. The molecule has 2 aromatic heterocycles. The van der Waals surface area contributed by atoms with Crippen LogP contribution >= 0.6 is 0 Å². The molecule has 0 bridgehead atoms. The molecule has 172 valence electrons. The molecular weight excluding hydrogens is 420 g/mol. The van der Waals surface area contributed by atoms with E-state index in [9.17, 15) is 9.90 Å². The summed E-state index contributed by atoms with van der Waals surface area (Å²) in [5.74, 6) is 0.901. The van der Waals surface area contributed by atoms with Gasteiger partial charge < -0.3 is 19.6 Å². The Labute approximate surface area is 192 Å². The lowest BCUT2D eigenvalue weighted by atomic mass is 9.96. The molecule has 3 aliphatic heterocycles. The Morgan fingerprint density at radius 3 is 2.88 bits per heavy atom. The quantitative estimate of drug-likeness (QED) is 0.661. The second-order valence-electron chi connectivity index (χ2n) is 9.17. The maximum atomic E-state index is 11.7. The molecule has 1 atom stereocenters. The number of hydrogen-bond donors (Lipinski definition) is 1. The first kappa shape index (κ1) is 20.3. The second-order valence-corrected chi connectivity index (χ2v) is 9.17. The number of carbonyl (C=O) groups is 1. The van der Waals surface area contributed by atoms with Crippen molar-refractivity contribution in [2.75, 3.05) is 31.2 Å². The van der Waals surface area contributed by atoms with Crippen LogP contribution in [0.25, 0.3) is 11.1 Å². The van der Waals surface area contributed by atoms with Crippen LogP contribution in [0, 0.1) is 0 Å². The number of benzene rings is 1. The first-order valence-corrected chi connectivity index (χ1v) is 11.6. The van der Waals surface area contributed by atoms with Gasteiger partial charge in [-0.05, 0) is 42.5 Å². The van der Waals surface area contributed by atoms with Gasteiger partial charge in [0.2, 0.25) is 0 Å². The molecule has 1 unspecified atom stereocenters. The molecule has 6 rings (SSSR count). The third-order valence-corrected chi connectivity index (χ3v) is 7.08. The molecule has 5 heterocycles. The normalized spacial score (nSPS) is 20.1. The van der Waals surface area contributed by atoms with Crippen LogP contribution in [-0.2, 0) is 31.2 Å². The number of anilines is 2. The van der Waals surface area contributed by atoms with Crippen molar-refractivity contribution in [1.29, 1.82) is 0 Å². The summed E-state index contributed by atoms with van der Waals surface area (Å²) in [6.45, 7) is 3.18. The molecule has 1 saturated heterocycles. The summed E-state index contributed by atoms with van der Waals surface area (Å²) >= 11 is 0. The second kappa shape index (κ2) is 7.91. The molecule has 0 spiro atoms. The van der Waals surface area contributed by atoms with Gasteiger partial charge in [-0.2, -0.15) is 10.2 Å². The van der Waals surface area contributed by atoms with Crippen LogP contribution in [0.2, 0.25) is 0 Å². The molecule has 1 aromatic carbocycles. The zero-order chi connectivity index (χ0) is 22.5. The Kier molecular flexibility index (Phi) is 4.86. The summed E-state index contributed by atoms with van der Waals surface area (Å²) in [6.07, 6.45) is 6.73. The zero-order valence-electron chi connectivity index (χ0n) is 18.8. The highest BCUT2D eigenvalue weighted by atomic mass is 16.5. The number of fused-ring (bicyclic) bond motifs is 2. The Morgan fingerprint density at radius 1 is 1.21 bits per heavy atom. The van der Waals surface area contributed by atoms with Crippen LogP contribution in [-0.4, -0.2) is 62.0 Å². The van der Waals surface area contributed by atoms with E-state index in [4.69, 9.17) is 9.84 Å². The lowest BCUT2D eigenvalue weighted by molar-refractivity contribution is 0.139. The lowest BCUT2D eigenvalue weighted by Gasteiger charge is -2.32. The van der Waals surface area contributed by atoms with Crippen molar-refractivity contribution in [3.05, 3.63) is 47.4 Å². The van der Waals surface area contributed by atoms with Gasteiger partial charge in [-0.15, -0.1) is 0 Å². The molecule has 0 saturated carbocycles. The number of hydrogen-bond acceptors (Lipinski definition) is 5. The molecule has 9 nitrogen and oxygen atoms in total. The van der Waals surface area contributed by atoms with Crippen molar-refractivity contribution in [2.24, 2.45) is 7.05 Å². The summed E-state index contributed by atoms with van der Waals surface area (Å²) in [4.78, 5) is 15.5. The number of ether oxygens (including phenoxy) is 1. The molecule has 9 heteroatoms. The average Bonchev–Trinajstić information content (AvgIpc) is 3.57. The third kappa shape index (κ3) is 3.47. The van der Waals surface area contributed by atoms with E-state index in [2.05, 4.69) is 32.9 Å². The standard InChI is InChI=1S/C24H28N6O3/c1-27-13-18(12-25-27)16-4-5-21-17(11-16)3-2-8-29(21)23-20-14-28(24(31)32)9-6-22(20)30(26-23)19-7-10-33-15-19/h4-5,11-13,19H,2-3,6-10,14-15H2,1H3,(H,31,32). The first-order valence-electron chi connectivity index (χ1n) is 11.6. The van der Waals surface area contributed by atoms with Gasteiger partial charge in [-0.1, -0.05) is 6.07 Å². The maximum Gasteiger partial charge on any atom is 0.407 e. The lowest BCUT2D eigenvalue weighted by Crippen LogP contribution is -2.36. The fourth-order valence-corrected chi connectivity index (χ4v) is 5.39. The molecular formula is C24H28N6O3. The predicted octanol–water partition coefficient (Wildman–Crippen LogP) is 3.37. The molecule has 3 aliphatic rings. The van der Waals surface area contributed by atoms with Gasteiger partial charge in [0.05, 0.1) is 25.4 Å². The Morgan fingerprint density at radius 2 is 2.12 bits per heavy atom. The fraction of sp³-hybridized carbons (Fsp3) is 0.458. The fourth-order valence-electron chi connectivity index (χ4n) is 5.39. The smallest absolute Gasteiger partial charge is 0.407 e. The molecule has 1 N–H and O–H groups in total. The van der Waals surface area contributed by atoms with E-state index < -0.39 is 6.09 Å². The number of carboxylic acid groups (broad SMARTS) is 1. The van der Waals surface area contributed by atoms with E-state index in [1.54, 1.807) is 0 Å². The zero-order valence-corrected chi connectivity index (χ0v) is 18.8. The van der Waals surface area contributed by atoms with E-state index in [1.807, 2.05) is 24.1 Å². The Bertz CT molecular complexity index is 1210. The van der Waals surface area contributed by atoms with Crippen LogP contribution in [0.3, 0.4) is 0 Å². The van der Waals surface area contributed by atoms with Gasteiger partial charge >= 0.3 is 6.09 Å². The van der Waals surface area contributed by atoms with Crippen molar-refractivity contribution in [1.82, 2.24) is 24.5 Å². The van der Waals surface area contributed by atoms with Crippen molar-refractivity contribution < 1.29 is 14.6 Å². The SMILES string of the molecule is Cn1cc(-c2ccc3c(c2)CCCN3c2nn(C3CCOC3)c3c2CN(C(=O)O)CC3)cn1. The maximum absolute atomic E-state index is 11.7. The topological polar surface area (TPSA) is 88.7 Å². The van der Waals surface area contributed by atoms with E-state index in [0.717, 1.165) is 66.3 Å². The minimum Gasteiger partial charge on any atom is -0.465 e. The Balaban J connectivity index is 1.42. The largest absolute Gasteiger partial charge is 0.465 e. The summed E-state index contributed by atoms with van der Waals surface area (Å²) in [5.41, 5.74) is 6.93. The van der Waals surface area contributed by atoms with E-state index in [0.29, 0.717) is 26.1 Å². The molecule has 1 fully saturated rings. The summed E-state index contributed by atoms with van der Waals surface area (Å²) in [5, 5.41) is 19.1. The van der Waals surface area contributed by atoms with Crippen LogP contribution in [0.5, 0.6) is 0 Å². The van der Waals surface area contributed by atoms with Crippen molar-refractivity contribution in [3.63, 3.8) is 0 Å². The number of amides is 1. The molecule has 0 radical (unpaired) electrons. The van der Waals surface area contributed by atoms with Gasteiger partial charge in [0.15, 0.2) is 5.82 Å². The van der Waals surface area contributed by atoms with Gasteiger partial charge in [0, 0.05) is 61.9 Å². The minimum atomic E-state index is -0.872.